The van der Waals surface area contributed by atoms with Gasteiger partial charge >= 0.3 is 0 Å². The van der Waals surface area contributed by atoms with Crippen molar-refractivity contribution in [3.63, 3.8) is 0 Å². The van der Waals surface area contributed by atoms with Crippen molar-refractivity contribution in [1.82, 2.24) is 5.32 Å². The number of hydrogen-bond donors (Lipinski definition) is 1. The van der Waals surface area contributed by atoms with E-state index in [4.69, 9.17) is 19.7 Å². The summed E-state index contributed by atoms with van der Waals surface area (Å²) >= 11 is 0. The summed E-state index contributed by atoms with van der Waals surface area (Å²) in [5.74, 6) is 2.34. The summed E-state index contributed by atoms with van der Waals surface area (Å²) in [7, 11) is 3.20. The molecule has 0 aromatic heterocycles. The number of methoxy groups -OCH3 is 2. The number of nitrogens with one attached hydrogen (secondary N) is 1. The van der Waals surface area contributed by atoms with E-state index in [2.05, 4.69) is 15.3 Å². The van der Waals surface area contributed by atoms with E-state index in [1.807, 2.05) is 6.92 Å². The predicted molar refractivity (Wildman–Crippen MR) is 80.6 cm³/mol. The summed E-state index contributed by atoms with van der Waals surface area (Å²) in [5, 5.41) is 6.65. The molecule has 0 radical (unpaired) electrons. The number of carbonyl (C=O) groups excluding carboxylic acids is 1. The number of nitrogens with zero attached hydrogens (tertiary/aromatic N) is 3. The zero-order valence-corrected chi connectivity index (χ0v) is 13.2. The van der Waals surface area contributed by atoms with Crippen molar-refractivity contribution < 1.29 is 19.0 Å². The smallest absolute Gasteiger partial charge is 0.145 e. The second-order valence-electron chi connectivity index (χ2n) is 5.14. The Morgan fingerprint density at radius 2 is 2.36 bits per heavy atom. The largest absolute Gasteiger partial charge is 0.490 e. The Balaban J connectivity index is 3.12. The van der Waals surface area contributed by atoms with Crippen LogP contribution in [0, 0.1) is 5.92 Å². The van der Waals surface area contributed by atoms with Crippen molar-refractivity contribution in [1.29, 1.82) is 0 Å². The molecule has 0 saturated heterocycles. The SMILES string of the molecule is COCC(C)C(OC)C1OC(C)=CC(N=[N+]=[N-])C1NC=C=O. The molecule has 1 aliphatic heterocycles. The maximum absolute atomic E-state index is 10.5. The monoisotopic (exact) mass is 310 g/mol. The molecular weight excluding hydrogens is 288 g/mol. The maximum Gasteiger partial charge on any atom is 0.145 e. The van der Waals surface area contributed by atoms with Crippen LogP contribution in [0.2, 0.25) is 0 Å². The standard InChI is InChI=1S/C14H22N4O4/c1-9(8-20-3)13(21-4)14-12(16-5-6-19)11(17-18-15)7-10(2)22-14/h5,7,9,11-14,16H,8H2,1-4H3. The van der Waals surface area contributed by atoms with Gasteiger partial charge in [-0.25, -0.2) is 4.79 Å². The summed E-state index contributed by atoms with van der Waals surface area (Å²) < 4.78 is 16.6. The quantitative estimate of drug-likeness (QED) is 0.317. The Kier molecular flexibility index (Phi) is 7.49. The molecule has 1 aliphatic rings. The Morgan fingerprint density at radius 1 is 1.64 bits per heavy atom. The lowest BCUT2D eigenvalue weighted by Gasteiger charge is -2.40. The fourth-order valence-electron chi connectivity index (χ4n) is 2.67. The molecule has 0 fully saturated rings. The van der Waals surface area contributed by atoms with Crippen LogP contribution >= 0.6 is 0 Å². The molecule has 8 heteroatoms. The molecule has 0 saturated carbocycles. The molecule has 1 N–H and O–H groups in total. The van der Waals surface area contributed by atoms with Gasteiger partial charge in [0.15, 0.2) is 0 Å². The average molecular weight is 310 g/mol. The zero-order chi connectivity index (χ0) is 16.5. The predicted octanol–water partition coefficient (Wildman–Crippen LogP) is 1.57. The summed E-state index contributed by atoms with van der Waals surface area (Å²) in [6, 6.07) is -0.939. The molecule has 0 aromatic rings. The molecule has 0 amide bonds. The summed E-state index contributed by atoms with van der Waals surface area (Å²) in [4.78, 5) is 13.4. The van der Waals surface area contributed by atoms with Crippen LogP contribution in [0.15, 0.2) is 23.1 Å². The Morgan fingerprint density at radius 3 is 2.91 bits per heavy atom. The molecular formula is C14H22N4O4. The van der Waals surface area contributed by atoms with Gasteiger partial charge in [-0.2, -0.15) is 0 Å². The molecule has 5 atom stereocenters. The van der Waals surface area contributed by atoms with Crippen molar-refractivity contribution >= 4 is 5.94 Å². The average Bonchev–Trinajstić information content (AvgIpc) is 2.47. The molecule has 5 unspecified atom stereocenters. The van der Waals surface area contributed by atoms with Crippen LogP contribution in [0.3, 0.4) is 0 Å². The Labute approximate surface area is 129 Å². The second-order valence-corrected chi connectivity index (χ2v) is 5.14. The zero-order valence-electron chi connectivity index (χ0n) is 13.2. The van der Waals surface area contributed by atoms with E-state index in [1.165, 1.54) is 0 Å². The van der Waals surface area contributed by atoms with Gasteiger partial charge in [0.2, 0.25) is 0 Å². The van der Waals surface area contributed by atoms with Crippen molar-refractivity contribution in [2.24, 2.45) is 11.0 Å². The van der Waals surface area contributed by atoms with Gasteiger partial charge in [0.05, 0.1) is 30.6 Å². The first-order valence-corrected chi connectivity index (χ1v) is 6.95. The third kappa shape index (κ3) is 4.51. The van der Waals surface area contributed by atoms with E-state index in [9.17, 15) is 4.79 Å². The van der Waals surface area contributed by atoms with Gasteiger partial charge in [0.1, 0.15) is 18.1 Å². The molecule has 0 spiro atoms. The second kappa shape index (κ2) is 9.12. The minimum atomic E-state index is -0.499. The molecule has 0 aliphatic carbocycles. The summed E-state index contributed by atoms with van der Waals surface area (Å²) in [6.07, 6.45) is 2.10. The van der Waals surface area contributed by atoms with Crippen molar-refractivity contribution in [3.05, 3.63) is 28.5 Å². The van der Waals surface area contributed by atoms with Crippen LogP contribution in [-0.4, -0.2) is 51.1 Å². The molecule has 0 bridgehead atoms. The van der Waals surface area contributed by atoms with Crippen LogP contribution in [0.1, 0.15) is 13.8 Å². The lowest BCUT2D eigenvalue weighted by Crippen LogP contribution is -2.56. The van der Waals surface area contributed by atoms with Gasteiger partial charge in [-0.3, -0.25) is 0 Å². The van der Waals surface area contributed by atoms with Gasteiger partial charge < -0.3 is 19.5 Å². The number of ether oxygens (including phenoxy) is 3. The first-order chi connectivity index (χ1) is 10.6. The van der Waals surface area contributed by atoms with Crippen LogP contribution in [-0.2, 0) is 19.0 Å². The van der Waals surface area contributed by atoms with Crippen molar-refractivity contribution in [3.8, 4) is 0 Å². The first-order valence-electron chi connectivity index (χ1n) is 6.95. The molecule has 122 valence electrons. The fraction of sp³-hybridized carbons (Fsp3) is 0.714. The molecule has 0 aromatic carbocycles. The third-order valence-corrected chi connectivity index (χ3v) is 3.56. The van der Waals surface area contributed by atoms with Gasteiger partial charge in [0, 0.05) is 25.0 Å². The van der Waals surface area contributed by atoms with Crippen molar-refractivity contribution in [2.75, 3.05) is 20.8 Å². The summed E-state index contributed by atoms with van der Waals surface area (Å²) in [5.41, 5.74) is 8.75. The fourth-order valence-corrected chi connectivity index (χ4v) is 2.67. The summed E-state index contributed by atoms with van der Waals surface area (Å²) in [6.45, 7) is 4.25. The molecule has 1 heterocycles. The number of hydrogen-bond acceptors (Lipinski definition) is 6. The van der Waals surface area contributed by atoms with E-state index in [-0.39, 0.29) is 12.0 Å². The maximum atomic E-state index is 10.5. The minimum absolute atomic E-state index is 0.0436. The lowest BCUT2D eigenvalue weighted by molar-refractivity contribution is -0.0881. The minimum Gasteiger partial charge on any atom is -0.490 e. The van der Waals surface area contributed by atoms with E-state index < -0.39 is 18.2 Å². The third-order valence-electron chi connectivity index (χ3n) is 3.56. The van der Waals surface area contributed by atoms with E-state index in [0.29, 0.717) is 12.4 Å². The van der Waals surface area contributed by atoms with Crippen LogP contribution in [0.5, 0.6) is 0 Å². The van der Waals surface area contributed by atoms with E-state index in [1.54, 1.807) is 33.2 Å². The highest BCUT2D eigenvalue weighted by molar-refractivity contribution is 5.44. The van der Waals surface area contributed by atoms with Gasteiger partial charge in [-0.05, 0) is 18.5 Å². The highest BCUT2D eigenvalue weighted by atomic mass is 16.5. The molecule has 22 heavy (non-hydrogen) atoms. The van der Waals surface area contributed by atoms with Crippen LogP contribution in [0.25, 0.3) is 10.4 Å². The molecule has 1 rings (SSSR count). The highest BCUT2D eigenvalue weighted by Crippen LogP contribution is 2.27. The Bertz CT molecular complexity index is 483. The number of azide groups is 1. The van der Waals surface area contributed by atoms with Crippen LogP contribution in [0.4, 0.5) is 0 Å². The number of allylic oxidation sites excluding steroid dienone is 1. The van der Waals surface area contributed by atoms with Gasteiger partial charge in [-0.15, -0.1) is 0 Å². The normalized spacial score (nSPS) is 26.5. The lowest BCUT2D eigenvalue weighted by atomic mass is 9.89. The highest BCUT2D eigenvalue weighted by Gasteiger charge is 2.40. The number of rotatable bonds is 8. The van der Waals surface area contributed by atoms with Crippen LogP contribution < -0.4 is 5.32 Å². The van der Waals surface area contributed by atoms with E-state index in [0.717, 1.165) is 6.20 Å². The topological polar surface area (TPSA) is 106 Å². The first kappa shape index (κ1) is 18.1. The van der Waals surface area contributed by atoms with Gasteiger partial charge in [0.25, 0.3) is 0 Å². The van der Waals surface area contributed by atoms with E-state index >= 15 is 0 Å². The molecule has 8 nitrogen and oxygen atoms in total. The Hall–Kier alpha value is -1.98. The van der Waals surface area contributed by atoms with Crippen molar-refractivity contribution in [2.45, 2.75) is 38.1 Å². The van der Waals surface area contributed by atoms with Gasteiger partial charge in [-0.1, -0.05) is 12.0 Å².